The van der Waals surface area contributed by atoms with Crippen molar-refractivity contribution in [3.63, 3.8) is 0 Å². The van der Waals surface area contributed by atoms with Crippen LogP contribution in [0.25, 0.3) is 16.7 Å². The molecule has 1 amide bonds. The second-order valence-corrected chi connectivity index (χ2v) is 8.97. The zero-order valence-electron chi connectivity index (χ0n) is 21.7. The number of aliphatic hydroxyl groups is 1. The third kappa shape index (κ3) is 4.86. The molecule has 9 nitrogen and oxygen atoms in total. The first kappa shape index (κ1) is 26.1. The second kappa shape index (κ2) is 11.0. The highest BCUT2D eigenvalue weighted by atomic mass is 16.5. The lowest BCUT2D eigenvalue weighted by molar-refractivity contribution is -0.140. The molecule has 1 aliphatic heterocycles. The van der Waals surface area contributed by atoms with Crippen LogP contribution >= 0.6 is 0 Å². The summed E-state index contributed by atoms with van der Waals surface area (Å²) in [4.78, 5) is 31.3. The van der Waals surface area contributed by atoms with Gasteiger partial charge in [-0.15, -0.1) is 0 Å². The van der Waals surface area contributed by atoms with Gasteiger partial charge in [0.2, 0.25) is 5.75 Å². The van der Waals surface area contributed by atoms with Crippen LogP contribution in [0.15, 0.2) is 48.2 Å². The molecule has 1 aromatic heterocycles. The van der Waals surface area contributed by atoms with Crippen molar-refractivity contribution >= 4 is 28.4 Å². The number of ketones is 1. The molecular weight excluding hydrogens is 476 g/mol. The number of likely N-dealkylation sites (tertiary alicyclic amines) is 1. The summed E-state index contributed by atoms with van der Waals surface area (Å²) in [5.41, 5.74) is 1.77. The maximum absolute atomic E-state index is 13.4. The van der Waals surface area contributed by atoms with Crippen LogP contribution in [-0.2, 0) is 14.3 Å². The molecule has 37 heavy (non-hydrogen) atoms. The zero-order valence-corrected chi connectivity index (χ0v) is 21.7. The Labute approximate surface area is 215 Å². The van der Waals surface area contributed by atoms with Crippen molar-refractivity contribution in [3.05, 3.63) is 59.3 Å². The standard InChI is InChI=1S/C28H32N2O7/c1-16(2)37-12-8-11-30-24(17-13-21(34-3)27(36-5)22(14-17)35-4)23(26(32)28(30)33)25(31)19-15-29-20-10-7-6-9-18(19)20/h6-7,9-10,13-16,24,29,31H,8,11-12H2,1-5H3/b25-23-. The van der Waals surface area contributed by atoms with Gasteiger partial charge in [-0.3, -0.25) is 9.59 Å². The first-order valence-electron chi connectivity index (χ1n) is 12.1. The highest BCUT2D eigenvalue weighted by Crippen LogP contribution is 2.46. The topological polar surface area (TPSA) is 110 Å². The minimum Gasteiger partial charge on any atom is -0.507 e. The quantitative estimate of drug-likeness (QED) is 0.180. The molecule has 0 spiro atoms. The van der Waals surface area contributed by atoms with E-state index in [-0.39, 0.29) is 24.0 Å². The Hall–Kier alpha value is -3.98. The van der Waals surface area contributed by atoms with Gasteiger partial charge in [0.05, 0.1) is 39.0 Å². The number of hydrogen-bond donors (Lipinski definition) is 2. The minimum atomic E-state index is -0.874. The lowest BCUT2D eigenvalue weighted by atomic mass is 9.94. The number of amides is 1. The molecule has 2 heterocycles. The fraction of sp³-hybridized carbons (Fsp3) is 0.357. The number of Topliss-reactive ketones (excluding diaryl/α,β-unsaturated/α-hetero) is 1. The van der Waals surface area contributed by atoms with Crippen LogP contribution in [0, 0.1) is 0 Å². The Morgan fingerprint density at radius 1 is 1.05 bits per heavy atom. The molecule has 1 fully saturated rings. The summed E-state index contributed by atoms with van der Waals surface area (Å²) < 4.78 is 22.1. The maximum atomic E-state index is 13.4. The molecule has 2 aromatic carbocycles. The van der Waals surface area contributed by atoms with Crippen LogP contribution in [0.3, 0.4) is 0 Å². The van der Waals surface area contributed by atoms with Crippen LogP contribution in [0.2, 0.25) is 0 Å². The van der Waals surface area contributed by atoms with Crippen molar-refractivity contribution in [1.82, 2.24) is 9.88 Å². The number of carbonyl (C=O) groups is 2. The number of carbonyl (C=O) groups excluding carboxylic acids is 2. The lowest BCUT2D eigenvalue weighted by Gasteiger charge is -2.26. The van der Waals surface area contributed by atoms with Crippen molar-refractivity contribution in [1.29, 1.82) is 0 Å². The van der Waals surface area contributed by atoms with Crippen molar-refractivity contribution in [2.45, 2.75) is 32.4 Å². The first-order chi connectivity index (χ1) is 17.8. The fourth-order valence-electron chi connectivity index (χ4n) is 4.68. The number of nitrogens with one attached hydrogen (secondary N) is 1. The van der Waals surface area contributed by atoms with E-state index in [2.05, 4.69) is 4.98 Å². The number of H-pyrrole nitrogens is 1. The molecule has 1 unspecified atom stereocenters. The number of nitrogens with zero attached hydrogens (tertiary/aromatic N) is 1. The van der Waals surface area contributed by atoms with Crippen LogP contribution < -0.4 is 14.2 Å². The molecule has 9 heteroatoms. The van der Waals surface area contributed by atoms with Gasteiger partial charge in [-0.25, -0.2) is 0 Å². The number of hydrogen-bond acceptors (Lipinski definition) is 7. The van der Waals surface area contributed by atoms with Gasteiger partial charge in [-0.05, 0) is 44.0 Å². The van der Waals surface area contributed by atoms with E-state index in [0.717, 1.165) is 10.9 Å². The van der Waals surface area contributed by atoms with E-state index >= 15 is 0 Å². The number of benzene rings is 2. The average Bonchev–Trinajstić information content (AvgIpc) is 3.44. The van der Waals surface area contributed by atoms with Crippen LogP contribution in [-0.4, -0.2) is 67.3 Å². The van der Waals surface area contributed by atoms with Gasteiger partial charge in [0, 0.05) is 35.8 Å². The molecule has 3 aromatic rings. The van der Waals surface area contributed by atoms with Gasteiger partial charge < -0.3 is 33.9 Å². The SMILES string of the molecule is COc1cc(C2/C(=C(/O)c3c[nH]c4ccccc34)C(=O)C(=O)N2CCCOC(C)C)cc(OC)c1OC. The summed E-state index contributed by atoms with van der Waals surface area (Å²) in [6.45, 7) is 4.54. The van der Waals surface area contributed by atoms with Crippen molar-refractivity contribution in [3.8, 4) is 17.2 Å². The van der Waals surface area contributed by atoms with E-state index in [4.69, 9.17) is 18.9 Å². The Morgan fingerprint density at radius 2 is 1.73 bits per heavy atom. The van der Waals surface area contributed by atoms with Crippen molar-refractivity contribution in [2.75, 3.05) is 34.5 Å². The van der Waals surface area contributed by atoms with E-state index in [9.17, 15) is 14.7 Å². The molecule has 1 aliphatic rings. The summed E-state index contributed by atoms with van der Waals surface area (Å²) in [5.74, 6) is -0.575. The predicted octanol–water partition coefficient (Wildman–Crippen LogP) is 4.43. The Balaban J connectivity index is 1.88. The Bertz CT molecular complexity index is 1320. The number of ether oxygens (including phenoxy) is 4. The third-order valence-corrected chi connectivity index (χ3v) is 6.38. The van der Waals surface area contributed by atoms with E-state index in [1.54, 1.807) is 18.3 Å². The van der Waals surface area contributed by atoms with E-state index < -0.39 is 17.7 Å². The Kier molecular flexibility index (Phi) is 7.73. The number of fused-ring (bicyclic) bond motifs is 1. The lowest BCUT2D eigenvalue weighted by Crippen LogP contribution is -2.31. The van der Waals surface area contributed by atoms with Gasteiger partial charge in [0.15, 0.2) is 11.5 Å². The molecule has 196 valence electrons. The molecule has 4 rings (SSSR count). The van der Waals surface area contributed by atoms with Gasteiger partial charge in [-0.1, -0.05) is 18.2 Å². The van der Waals surface area contributed by atoms with Crippen LogP contribution in [0.1, 0.15) is 37.4 Å². The van der Waals surface area contributed by atoms with E-state index in [0.29, 0.717) is 41.4 Å². The van der Waals surface area contributed by atoms with Gasteiger partial charge >= 0.3 is 0 Å². The summed E-state index contributed by atoms with van der Waals surface area (Å²) in [6, 6.07) is 9.94. The molecule has 2 N–H and O–H groups in total. The number of para-hydroxylation sites is 1. The molecule has 1 atom stereocenters. The summed E-state index contributed by atoms with van der Waals surface area (Å²) in [6.07, 6.45) is 2.19. The smallest absolute Gasteiger partial charge is 0.295 e. The normalized spacial score (nSPS) is 17.1. The molecule has 1 saturated heterocycles. The molecule has 0 saturated carbocycles. The van der Waals surface area contributed by atoms with Crippen molar-refractivity contribution in [2.24, 2.45) is 0 Å². The van der Waals surface area contributed by atoms with Gasteiger partial charge in [0.25, 0.3) is 11.7 Å². The fourth-order valence-corrected chi connectivity index (χ4v) is 4.68. The monoisotopic (exact) mass is 508 g/mol. The average molecular weight is 509 g/mol. The third-order valence-electron chi connectivity index (χ3n) is 6.38. The highest BCUT2D eigenvalue weighted by Gasteiger charge is 2.46. The number of aliphatic hydroxyl groups excluding tert-OH is 1. The first-order valence-corrected chi connectivity index (χ1v) is 12.1. The van der Waals surface area contributed by atoms with Gasteiger partial charge in [-0.2, -0.15) is 0 Å². The number of aromatic amines is 1. The summed E-state index contributed by atoms with van der Waals surface area (Å²) in [5, 5.41) is 12.2. The second-order valence-electron chi connectivity index (χ2n) is 8.97. The largest absolute Gasteiger partial charge is 0.507 e. The molecular formula is C28H32N2O7. The van der Waals surface area contributed by atoms with Crippen molar-refractivity contribution < 1.29 is 33.6 Å². The minimum absolute atomic E-state index is 0.00574. The summed E-state index contributed by atoms with van der Waals surface area (Å²) >= 11 is 0. The predicted molar refractivity (Wildman–Crippen MR) is 139 cm³/mol. The zero-order chi connectivity index (χ0) is 26.7. The number of aromatic nitrogens is 1. The molecule has 0 bridgehead atoms. The number of rotatable bonds is 10. The van der Waals surface area contributed by atoms with E-state index in [1.807, 2.05) is 38.1 Å². The van der Waals surface area contributed by atoms with Crippen LogP contribution in [0.5, 0.6) is 17.2 Å². The number of methoxy groups -OCH3 is 3. The Morgan fingerprint density at radius 3 is 2.35 bits per heavy atom. The molecule has 0 aliphatic carbocycles. The van der Waals surface area contributed by atoms with Gasteiger partial charge in [0.1, 0.15) is 5.76 Å². The van der Waals surface area contributed by atoms with E-state index in [1.165, 1.54) is 26.2 Å². The molecule has 0 radical (unpaired) electrons. The maximum Gasteiger partial charge on any atom is 0.295 e. The highest BCUT2D eigenvalue weighted by molar-refractivity contribution is 6.46. The van der Waals surface area contributed by atoms with Crippen LogP contribution in [0.4, 0.5) is 0 Å². The summed E-state index contributed by atoms with van der Waals surface area (Å²) in [7, 11) is 4.48.